The third kappa shape index (κ3) is 5.17. The molecule has 0 N–H and O–H groups in total. The standard InChI is InChI=1S/C10H13N/c1-4-5-10(8-11)7-6-9(2)3/h4,6-7H,1,5H2,2-3H3/b10-7+. The highest BCUT2D eigenvalue weighted by atomic mass is 14.2. The highest BCUT2D eigenvalue weighted by molar-refractivity contribution is 5.28. The van der Waals surface area contributed by atoms with Crippen LogP contribution in [0.25, 0.3) is 0 Å². The van der Waals surface area contributed by atoms with E-state index in [2.05, 4.69) is 12.6 Å². The quantitative estimate of drug-likeness (QED) is 0.342. The second-order valence-electron chi connectivity index (χ2n) is 2.54. The fraction of sp³-hybridized carbons (Fsp3) is 0.300. The van der Waals surface area contributed by atoms with Gasteiger partial charge in [0.1, 0.15) is 0 Å². The lowest BCUT2D eigenvalue weighted by Gasteiger charge is -1.88. The van der Waals surface area contributed by atoms with Gasteiger partial charge in [-0.05, 0) is 19.9 Å². The Morgan fingerprint density at radius 2 is 2.09 bits per heavy atom. The van der Waals surface area contributed by atoms with Gasteiger partial charge in [-0.3, -0.25) is 0 Å². The fourth-order valence-corrected chi connectivity index (χ4v) is 0.574. The van der Waals surface area contributed by atoms with Gasteiger partial charge in [-0.1, -0.05) is 17.7 Å². The molecule has 0 radical (unpaired) electrons. The van der Waals surface area contributed by atoms with E-state index in [4.69, 9.17) is 5.26 Å². The summed E-state index contributed by atoms with van der Waals surface area (Å²) in [6.45, 7) is 7.56. The first-order valence-electron chi connectivity index (χ1n) is 3.55. The summed E-state index contributed by atoms with van der Waals surface area (Å²) >= 11 is 0. The van der Waals surface area contributed by atoms with Crippen LogP contribution in [0.2, 0.25) is 0 Å². The molecule has 0 heterocycles. The van der Waals surface area contributed by atoms with Crippen molar-refractivity contribution in [2.45, 2.75) is 20.3 Å². The second-order valence-corrected chi connectivity index (χ2v) is 2.54. The Hall–Kier alpha value is -1.29. The van der Waals surface area contributed by atoms with Crippen LogP contribution in [0.4, 0.5) is 0 Å². The first-order valence-corrected chi connectivity index (χ1v) is 3.55. The summed E-state index contributed by atoms with van der Waals surface area (Å²) in [5.74, 6) is 0. The van der Waals surface area contributed by atoms with Crippen molar-refractivity contribution in [1.82, 2.24) is 0 Å². The van der Waals surface area contributed by atoms with Crippen molar-refractivity contribution in [2.75, 3.05) is 0 Å². The predicted molar refractivity (Wildman–Crippen MR) is 47.9 cm³/mol. The number of allylic oxidation sites excluding steroid dienone is 5. The molecule has 0 aromatic heterocycles. The molecule has 0 aromatic rings. The van der Waals surface area contributed by atoms with Gasteiger partial charge in [-0.2, -0.15) is 5.26 Å². The lowest BCUT2D eigenvalue weighted by atomic mass is 10.2. The van der Waals surface area contributed by atoms with Crippen LogP contribution in [0, 0.1) is 11.3 Å². The maximum atomic E-state index is 8.57. The SMILES string of the molecule is C=CC/C(C#N)=C\C=C(C)C. The minimum absolute atomic E-state index is 0.653. The molecule has 0 atom stereocenters. The van der Waals surface area contributed by atoms with E-state index in [1.54, 1.807) is 6.08 Å². The largest absolute Gasteiger partial charge is 0.193 e. The Labute approximate surface area is 68.3 Å². The molecule has 0 fully saturated rings. The summed E-state index contributed by atoms with van der Waals surface area (Å²) in [4.78, 5) is 0. The van der Waals surface area contributed by atoms with E-state index >= 15 is 0 Å². The third-order valence-corrected chi connectivity index (χ3v) is 1.13. The summed E-state index contributed by atoms with van der Waals surface area (Å²) in [6, 6.07) is 2.10. The van der Waals surface area contributed by atoms with Crippen LogP contribution in [0.15, 0.2) is 36.0 Å². The number of hydrogen-bond donors (Lipinski definition) is 0. The molecule has 0 unspecified atom stereocenters. The van der Waals surface area contributed by atoms with Crippen LogP contribution in [0.5, 0.6) is 0 Å². The molecule has 0 saturated carbocycles. The molecule has 0 saturated heterocycles. The Bertz CT molecular complexity index is 222. The van der Waals surface area contributed by atoms with E-state index in [0.29, 0.717) is 6.42 Å². The summed E-state index contributed by atoms with van der Waals surface area (Å²) in [7, 11) is 0. The lowest BCUT2D eigenvalue weighted by molar-refractivity contribution is 1.28. The first-order chi connectivity index (χ1) is 5.20. The van der Waals surface area contributed by atoms with Gasteiger partial charge >= 0.3 is 0 Å². The molecule has 1 nitrogen and oxygen atoms in total. The molecule has 0 aliphatic carbocycles. The van der Waals surface area contributed by atoms with Gasteiger partial charge in [0.15, 0.2) is 0 Å². The second kappa shape index (κ2) is 5.49. The summed E-state index contributed by atoms with van der Waals surface area (Å²) < 4.78 is 0. The van der Waals surface area contributed by atoms with Crippen molar-refractivity contribution < 1.29 is 0 Å². The molecule has 11 heavy (non-hydrogen) atoms. The summed E-state index contributed by atoms with van der Waals surface area (Å²) in [5.41, 5.74) is 1.95. The van der Waals surface area contributed by atoms with Gasteiger partial charge in [-0.15, -0.1) is 6.58 Å². The van der Waals surface area contributed by atoms with Crippen molar-refractivity contribution in [3.8, 4) is 6.07 Å². The van der Waals surface area contributed by atoms with E-state index in [1.807, 2.05) is 26.0 Å². The van der Waals surface area contributed by atoms with E-state index < -0.39 is 0 Å². The molecular weight excluding hydrogens is 134 g/mol. The van der Waals surface area contributed by atoms with E-state index in [0.717, 1.165) is 5.57 Å². The number of nitriles is 1. The summed E-state index contributed by atoms with van der Waals surface area (Å²) in [6.07, 6.45) is 6.15. The van der Waals surface area contributed by atoms with Gasteiger partial charge in [0.2, 0.25) is 0 Å². The molecule has 0 bridgehead atoms. The van der Waals surface area contributed by atoms with E-state index in [9.17, 15) is 0 Å². The highest BCUT2D eigenvalue weighted by Gasteiger charge is 1.87. The van der Waals surface area contributed by atoms with Crippen LogP contribution in [0.1, 0.15) is 20.3 Å². The van der Waals surface area contributed by atoms with Gasteiger partial charge in [0.05, 0.1) is 6.07 Å². The molecule has 0 rings (SSSR count). The number of rotatable bonds is 3. The minimum atomic E-state index is 0.653. The molecular formula is C10H13N. The first kappa shape index (κ1) is 9.71. The average molecular weight is 147 g/mol. The van der Waals surface area contributed by atoms with Gasteiger partial charge in [0, 0.05) is 12.0 Å². The maximum Gasteiger partial charge on any atom is 0.0950 e. The van der Waals surface area contributed by atoms with E-state index in [1.165, 1.54) is 5.57 Å². The molecule has 0 aromatic carbocycles. The predicted octanol–water partition coefficient (Wildman–Crippen LogP) is 2.98. The third-order valence-electron chi connectivity index (χ3n) is 1.13. The highest BCUT2D eigenvalue weighted by Crippen LogP contribution is 2.01. The Kier molecular flexibility index (Phi) is 4.85. The zero-order valence-electron chi connectivity index (χ0n) is 7.09. The normalized spacial score (nSPS) is 10.1. The van der Waals surface area contributed by atoms with Gasteiger partial charge in [0.25, 0.3) is 0 Å². The molecule has 1 heteroatoms. The zero-order valence-corrected chi connectivity index (χ0v) is 7.09. The molecule has 58 valence electrons. The van der Waals surface area contributed by atoms with Crippen LogP contribution in [-0.4, -0.2) is 0 Å². The van der Waals surface area contributed by atoms with Crippen molar-refractivity contribution in [2.24, 2.45) is 0 Å². The number of nitrogens with zero attached hydrogens (tertiary/aromatic N) is 1. The zero-order chi connectivity index (χ0) is 8.69. The van der Waals surface area contributed by atoms with Crippen LogP contribution < -0.4 is 0 Å². The van der Waals surface area contributed by atoms with E-state index in [-0.39, 0.29) is 0 Å². The van der Waals surface area contributed by atoms with Crippen molar-refractivity contribution in [3.63, 3.8) is 0 Å². The topological polar surface area (TPSA) is 23.8 Å². The Morgan fingerprint density at radius 3 is 2.45 bits per heavy atom. The van der Waals surface area contributed by atoms with Gasteiger partial charge in [-0.25, -0.2) is 0 Å². The van der Waals surface area contributed by atoms with Crippen molar-refractivity contribution in [1.29, 1.82) is 5.26 Å². The van der Waals surface area contributed by atoms with Crippen LogP contribution in [0.3, 0.4) is 0 Å². The van der Waals surface area contributed by atoms with Crippen molar-refractivity contribution in [3.05, 3.63) is 36.0 Å². The number of hydrogen-bond acceptors (Lipinski definition) is 1. The smallest absolute Gasteiger partial charge is 0.0950 e. The average Bonchev–Trinajstić information content (AvgIpc) is 1.97. The monoisotopic (exact) mass is 147 g/mol. The Morgan fingerprint density at radius 1 is 1.45 bits per heavy atom. The minimum Gasteiger partial charge on any atom is -0.193 e. The molecule has 0 aliphatic rings. The molecule has 0 aliphatic heterocycles. The lowest BCUT2D eigenvalue weighted by Crippen LogP contribution is -1.73. The Balaban J connectivity index is 4.26. The summed E-state index contributed by atoms with van der Waals surface area (Å²) in [5, 5.41) is 8.57. The van der Waals surface area contributed by atoms with Crippen molar-refractivity contribution >= 4 is 0 Å². The van der Waals surface area contributed by atoms with Crippen LogP contribution >= 0.6 is 0 Å². The van der Waals surface area contributed by atoms with Crippen LogP contribution in [-0.2, 0) is 0 Å². The fourth-order valence-electron chi connectivity index (χ4n) is 0.574. The van der Waals surface area contributed by atoms with Gasteiger partial charge < -0.3 is 0 Å². The molecule has 0 amide bonds. The maximum absolute atomic E-state index is 8.57. The molecule has 0 spiro atoms.